The smallest absolute Gasteiger partial charge is 0.426 e. The highest BCUT2D eigenvalue weighted by atomic mass is 35.5. The summed E-state index contributed by atoms with van der Waals surface area (Å²) in [5.41, 5.74) is 2.03. The van der Waals surface area contributed by atoms with E-state index in [-0.39, 0.29) is 18.6 Å². The van der Waals surface area contributed by atoms with E-state index in [1.807, 2.05) is 22.9 Å². The predicted octanol–water partition coefficient (Wildman–Crippen LogP) is 3.50. The Morgan fingerprint density at radius 2 is 1.73 bits per heavy atom. The van der Waals surface area contributed by atoms with Crippen molar-refractivity contribution in [1.82, 2.24) is 5.32 Å². The van der Waals surface area contributed by atoms with Crippen molar-refractivity contribution in [1.29, 1.82) is 0 Å². The van der Waals surface area contributed by atoms with E-state index < -0.39 is 24.9 Å². The van der Waals surface area contributed by atoms with Gasteiger partial charge in [0, 0.05) is 17.0 Å². The fourth-order valence-electron chi connectivity index (χ4n) is 3.16. The molecule has 1 amide bonds. The molecule has 0 fully saturated rings. The monoisotopic (exact) mass is 441 g/mol. The van der Waals surface area contributed by atoms with Gasteiger partial charge in [-0.2, -0.15) is 11.3 Å². The Bertz CT molecular complexity index is 965. The number of halogens is 1. The van der Waals surface area contributed by atoms with Gasteiger partial charge in [0.1, 0.15) is 0 Å². The highest BCUT2D eigenvalue weighted by Crippen LogP contribution is 2.24. The molecule has 3 N–H and O–H groups in total. The molecule has 0 saturated heterocycles. The number of carbonyl (C=O) groups is 2. The minimum absolute atomic E-state index is 0.0514. The lowest BCUT2D eigenvalue weighted by molar-refractivity contribution is -0.123. The van der Waals surface area contributed by atoms with Crippen molar-refractivity contribution in [2.24, 2.45) is 0 Å². The first-order chi connectivity index (χ1) is 14.4. The normalized spacial score (nSPS) is 12.8. The summed E-state index contributed by atoms with van der Waals surface area (Å²) in [4.78, 5) is 25.9. The molecular weight excluding hydrogens is 421 g/mol. The van der Waals surface area contributed by atoms with Gasteiger partial charge in [0.2, 0.25) is 5.91 Å². The Morgan fingerprint density at radius 1 is 1.03 bits per heavy atom. The molecule has 0 spiro atoms. The number of hydrogen-bond donors (Lipinski definition) is 3. The lowest BCUT2D eigenvalue weighted by Gasteiger charge is -2.22. The third-order valence-electron chi connectivity index (χ3n) is 4.80. The van der Waals surface area contributed by atoms with Crippen LogP contribution in [0, 0.1) is 0 Å². The molecule has 3 aromatic rings. The topological polar surface area (TPSA) is 86.6 Å². The van der Waals surface area contributed by atoms with Gasteiger partial charge in [-0.1, -0.05) is 54.1 Å². The minimum Gasteiger partial charge on any atom is -0.426 e. The van der Waals surface area contributed by atoms with Crippen LogP contribution in [0.15, 0.2) is 71.4 Å². The first-order valence-electron chi connectivity index (χ1n) is 9.45. The van der Waals surface area contributed by atoms with Gasteiger partial charge in [0.05, 0.1) is 11.9 Å². The average Bonchev–Trinajstić information content (AvgIpc) is 3.26. The van der Waals surface area contributed by atoms with Crippen LogP contribution in [0.3, 0.4) is 0 Å². The zero-order valence-corrected chi connectivity index (χ0v) is 17.6. The number of rotatable bonds is 9. The minimum atomic E-state index is -1.73. The fourth-order valence-corrected chi connectivity index (χ4v) is 3.97. The van der Waals surface area contributed by atoms with E-state index in [1.54, 1.807) is 48.5 Å². The van der Waals surface area contributed by atoms with Gasteiger partial charge < -0.3 is 15.4 Å². The van der Waals surface area contributed by atoms with Gasteiger partial charge in [-0.25, -0.2) is 0 Å². The molecular formula is C22H21BClNO4S. The lowest BCUT2D eigenvalue weighted by Crippen LogP contribution is -2.49. The molecule has 0 radical (unpaired) electrons. The van der Waals surface area contributed by atoms with Crippen LogP contribution in [-0.2, 0) is 11.2 Å². The Labute approximate surface area is 184 Å². The van der Waals surface area contributed by atoms with Crippen molar-refractivity contribution in [2.45, 2.75) is 24.7 Å². The first kappa shape index (κ1) is 22.2. The van der Waals surface area contributed by atoms with Crippen LogP contribution in [0.2, 0.25) is 5.02 Å². The quantitative estimate of drug-likeness (QED) is 0.350. The molecule has 1 unspecified atom stereocenters. The maximum Gasteiger partial charge on any atom is 0.475 e. The van der Waals surface area contributed by atoms with Crippen molar-refractivity contribution in [3.8, 4) is 0 Å². The van der Waals surface area contributed by atoms with E-state index in [1.165, 1.54) is 11.3 Å². The molecule has 0 bridgehead atoms. The number of carbonyl (C=O) groups excluding carboxylic acids is 2. The van der Waals surface area contributed by atoms with E-state index in [0.717, 1.165) is 5.56 Å². The molecule has 5 nitrogen and oxygen atoms in total. The van der Waals surface area contributed by atoms with E-state index in [0.29, 0.717) is 16.1 Å². The highest BCUT2D eigenvalue weighted by Gasteiger charge is 2.31. The van der Waals surface area contributed by atoms with E-state index in [2.05, 4.69) is 5.32 Å². The largest absolute Gasteiger partial charge is 0.475 e. The van der Waals surface area contributed by atoms with Crippen molar-refractivity contribution >= 4 is 41.7 Å². The SMILES string of the molecule is O=C(C[C@@H](C(=O)NC(Cc1ccsc1)B(O)O)c1ccc(Cl)cc1)c1ccccc1. The zero-order chi connectivity index (χ0) is 21.5. The van der Waals surface area contributed by atoms with Gasteiger partial charge in [-0.3, -0.25) is 9.59 Å². The molecule has 1 heterocycles. The summed E-state index contributed by atoms with van der Waals surface area (Å²) in [7, 11) is -1.73. The summed E-state index contributed by atoms with van der Waals surface area (Å²) in [5.74, 6) is -2.31. The predicted molar refractivity (Wildman–Crippen MR) is 120 cm³/mol. The van der Waals surface area contributed by atoms with Crippen LogP contribution in [0.25, 0.3) is 0 Å². The second kappa shape index (κ2) is 10.5. The number of hydrogen-bond acceptors (Lipinski definition) is 5. The van der Waals surface area contributed by atoms with Crippen LogP contribution in [0.1, 0.15) is 33.8 Å². The molecule has 2 aromatic carbocycles. The molecule has 0 saturated carbocycles. The molecule has 2 atom stereocenters. The van der Waals surface area contributed by atoms with E-state index in [9.17, 15) is 19.6 Å². The van der Waals surface area contributed by atoms with Gasteiger partial charge in [0.15, 0.2) is 5.78 Å². The van der Waals surface area contributed by atoms with E-state index >= 15 is 0 Å². The third-order valence-corrected chi connectivity index (χ3v) is 5.78. The van der Waals surface area contributed by atoms with Crippen LogP contribution in [-0.4, -0.2) is 34.8 Å². The molecule has 0 aliphatic carbocycles. The summed E-state index contributed by atoms with van der Waals surface area (Å²) in [6.45, 7) is 0. The number of nitrogens with one attached hydrogen (secondary N) is 1. The van der Waals surface area contributed by atoms with Crippen LogP contribution >= 0.6 is 22.9 Å². The molecule has 154 valence electrons. The molecule has 0 aliphatic rings. The van der Waals surface area contributed by atoms with Crippen molar-refractivity contribution < 1.29 is 19.6 Å². The summed E-state index contributed by atoms with van der Waals surface area (Å²) in [5, 5.41) is 26.5. The molecule has 30 heavy (non-hydrogen) atoms. The number of amides is 1. The summed E-state index contributed by atoms with van der Waals surface area (Å²) < 4.78 is 0. The van der Waals surface area contributed by atoms with E-state index in [4.69, 9.17) is 11.6 Å². The highest BCUT2D eigenvalue weighted by molar-refractivity contribution is 7.07. The first-order valence-corrected chi connectivity index (χ1v) is 10.8. The Hall–Kier alpha value is -2.45. The number of Topliss-reactive ketones (excluding diaryl/α,β-unsaturated/α-hetero) is 1. The number of benzene rings is 2. The average molecular weight is 442 g/mol. The second-order valence-electron chi connectivity index (χ2n) is 6.96. The van der Waals surface area contributed by atoms with Gasteiger partial charge in [-0.05, 0) is 46.5 Å². The van der Waals surface area contributed by atoms with Gasteiger partial charge in [0.25, 0.3) is 0 Å². The van der Waals surface area contributed by atoms with Crippen LogP contribution < -0.4 is 5.32 Å². The maximum atomic E-state index is 13.1. The molecule has 8 heteroatoms. The summed E-state index contributed by atoms with van der Waals surface area (Å²) in [6.07, 6.45) is 0.219. The van der Waals surface area contributed by atoms with Crippen molar-refractivity contribution in [3.63, 3.8) is 0 Å². The third kappa shape index (κ3) is 6.03. The fraction of sp³-hybridized carbons (Fsp3) is 0.182. The van der Waals surface area contributed by atoms with Crippen molar-refractivity contribution in [2.75, 3.05) is 0 Å². The van der Waals surface area contributed by atoms with Gasteiger partial charge >= 0.3 is 7.12 Å². The standard InChI is InChI=1S/C22H21BClNO4S/c24-18-8-6-16(7-9-18)19(13-20(26)17-4-2-1-3-5-17)22(27)25-21(23(28)29)12-15-10-11-30-14-15/h1-11,14,19,21,28-29H,12-13H2,(H,25,27)/t19-,21?/m1/s1. The molecule has 0 aliphatic heterocycles. The number of ketones is 1. The maximum absolute atomic E-state index is 13.1. The van der Waals surface area contributed by atoms with Crippen LogP contribution in [0.4, 0.5) is 0 Å². The number of thiophene rings is 1. The zero-order valence-electron chi connectivity index (χ0n) is 16.1. The molecule has 3 rings (SSSR count). The summed E-state index contributed by atoms with van der Waals surface area (Å²) >= 11 is 7.46. The van der Waals surface area contributed by atoms with Gasteiger partial charge in [-0.15, -0.1) is 0 Å². The Kier molecular flexibility index (Phi) is 7.82. The second-order valence-corrected chi connectivity index (χ2v) is 8.18. The van der Waals surface area contributed by atoms with Crippen LogP contribution in [0.5, 0.6) is 0 Å². The Balaban J connectivity index is 1.81. The molecule has 1 aromatic heterocycles. The summed E-state index contributed by atoms with van der Waals surface area (Å²) in [6, 6.07) is 17.4. The lowest BCUT2D eigenvalue weighted by atomic mass is 9.75. The van der Waals surface area contributed by atoms with Crippen molar-refractivity contribution in [3.05, 3.63) is 93.1 Å². The Morgan fingerprint density at radius 3 is 2.33 bits per heavy atom.